The molecular weight excluding hydrogens is 478 g/mol. The number of fused-ring (bicyclic) bond motifs is 1. The molecule has 0 saturated carbocycles. The fraction of sp³-hybridized carbons (Fsp3) is 0.148. The van der Waals surface area contributed by atoms with Crippen LogP contribution in [0.25, 0.3) is 16.0 Å². The zero-order chi connectivity index (χ0) is 25.6. The average Bonchev–Trinajstić information content (AvgIpc) is 3.41. The van der Waals surface area contributed by atoms with Crippen LogP contribution in [0.2, 0.25) is 0 Å². The largest absolute Gasteiger partial charge is 0.507 e. The van der Waals surface area contributed by atoms with Gasteiger partial charge in [0.25, 0.3) is 11.5 Å². The van der Waals surface area contributed by atoms with E-state index in [0.29, 0.717) is 16.6 Å². The number of hydrogen-bond acceptors (Lipinski definition) is 7. The number of non-ortho nitro benzene ring substituents is 1. The number of thiazole rings is 1. The molecule has 9 heteroatoms. The molecule has 1 aromatic heterocycles. The van der Waals surface area contributed by atoms with E-state index in [1.165, 1.54) is 34.4 Å². The number of rotatable bonds is 5. The Bertz CT molecular complexity index is 1570. The minimum atomic E-state index is -1.09. The molecule has 1 saturated heterocycles. The van der Waals surface area contributed by atoms with E-state index in [0.717, 1.165) is 22.2 Å². The maximum Gasteiger partial charge on any atom is 0.301 e. The molecule has 0 radical (unpaired) electrons. The Balaban J connectivity index is 1.74. The third-order valence-corrected chi connectivity index (χ3v) is 7.24. The third kappa shape index (κ3) is 3.93. The molecule has 1 aliphatic rings. The predicted molar refractivity (Wildman–Crippen MR) is 138 cm³/mol. The molecule has 3 aromatic carbocycles. The van der Waals surface area contributed by atoms with E-state index in [1.54, 1.807) is 30.3 Å². The van der Waals surface area contributed by atoms with Gasteiger partial charge in [0.15, 0.2) is 5.13 Å². The van der Waals surface area contributed by atoms with E-state index < -0.39 is 22.7 Å². The smallest absolute Gasteiger partial charge is 0.301 e. The zero-order valence-electron chi connectivity index (χ0n) is 19.5. The first-order valence-corrected chi connectivity index (χ1v) is 12.1. The van der Waals surface area contributed by atoms with Crippen LogP contribution in [-0.2, 0) is 16.0 Å². The molecule has 0 unspecified atom stereocenters. The van der Waals surface area contributed by atoms with E-state index in [-0.39, 0.29) is 22.2 Å². The van der Waals surface area contributed by atoms with Crippen molar-refractivity contribution in [2.75, 3.05) is 4.90 Å². The van der Waals surface area contributed by atoms with Gasteiger partial charge in [-0.3, -0.25) is 24.6 Å². The van der Waals surface area contributed by atoms with Crippen molar-refractivity contribution < 1.29 is 19.6 Å². The first-order chi connectivity index (χ1) is 17.3. The van der Waals surface area contributed by atoms with Crippen LogP contribution in [0.15, 0.2) is 72.3 Å². The number of nitrogens with zero attached hydrogens (tertiary/aromatic N) is 3. The van der Waals surface area contributed by atoms with Crippen LogP contribution in [0.1, 0.15) is 35.2 Å². The normalized spacial score (nSPS) is 17.2. The minimum absolute atomic E-state index is 0.141. The lowest BCUT2D eigenvalue weighted by Gasteiger charge is -2.22. The standard InChI is InChI=1S/C27H21N3O5S/c1-3-16-9-12-20-21(13-16)36-27(28-20)29-23(18-5-4-6-19(14-18)30(34)35)22(25(32)26(29)33)24(31)17-10-7-15(2)8-11-17/h4-14,23,31H,3H2,1-2H3/t23-/m1/s1. The van der Waals surface area contributed by atoms with Gasteiger partial charge < -0.3 is 5.11 Å². The van der Waals surface area contributed by atoms with Crippen LogP contribution in [0.3, 0.4) is 0 Å². The molecule has 36 heavy (non-hydrogen) atoms. The van der Waals surface area contributed by atoms with Crippen molar-refractivity contribution in [1.82, 2.24) is 4.98 Å². The van der Waals surface area contributed by atoms with E-state index in [4.69, 9.17) is 0 Å². The van der Waals surface area contributed by atoms with Crippen molar-refractivity contribution >= 4 is 49.8 Å². The van der Waals surface area contributed by atoms with Crippen molar-refractivity contribution in [3.63, 3.8) is 0 Å². The highest BCUT2D eigenvalue weighted by Crippen LogP contribution is 2.44. The number of Topliss-reactive ketones (excluding diaryl/α,β-unsaturated/α-hetero) is 1. The van der Waals surface area contributed by atoms with Crippen molar-refractivity contribution in [3.05, 3.63) is 105 Å². The Labute approximate surface area is 210 Å². The van der Waals surface area contributed by atoms with Crippen LogP contribution in [0.4, 0.5) is 10.8 Å². The number of carbonyl (C=O) groups excluding carboxylic acids is 2. The molecular formula is C27H21N3O5S. The van der Waals surface area contributed by atoms with Gasteiger partial charge in [-0.1, -0.05) is 66.3 Å². The van der Waals surface area contributed by atoms with Gasteiger partial charge in [-0.15, -0.1) is 0 Å². The lowest BCUT2D eigenvalue weighted by atomic mass is 9.95. The van der Waals surface area contributed by atoms with Gasteiger partial charge >= 0.3 is 5.91 Å². The van der Waals surface area contributed by atoms with Crippen LogP contribution in [0, 0.1) is 17.0 Å². The summed E-state index contributed by atoms with van der Waals surface area (Å²) in [5, 5.41) is 23.0. The van der Waals surface area contributed by atoms with Crippen molar-refractivity contribution in [2.24, 2.45) is 0 Å². The topological polar surface area (TPSA) is 114 Å². The Morgan fingerprint density at radius 3 is 2.56 bits per heavy atom. The number of hydrogen-bond donors (Lipinski definition) is 1. The quantitative estimate of drug-likeness (QED) is 0.124. The molecule has 1 atom stereocenters. The fourth-order valence-corrected chi connectivity index (χ4v) is 5.36. The summed E-state index contributed by atoms with van der Waals surface area (Å²) in [7, 11) is 0. The summed E-state index contributed by atoms with van der Waals surface area (Å²) in [6.45, 7) is 3.93. The highest BCUT2D eigenvalue weighted by atomic mass is 32.1. The van der Waals surface area contributed by atoms with Gasteiger partial charge in [-0.2, -0.15) is 0 Å². The summed E-state index contributed by atoms with van der Waals surface area (Å²) in [6, 6.07) is 17.3. The lowest BCUT2D eigenvalue weighted by Crippen LogP contribution is -2.29. The van der Waals surface area contributed by atoms with Gasteiger partial charge in [0.1, 0.15) is 5.76 Å². The molecule has 1 amide bonds. The van der Waals surface area contributed by atoms with E-state index in [9.17, 15) is 24.8 Å². The predicted octanol–water partition coefficient (Wildman–Crippen LogP) is 5.70. The molecule has 1 aliphatic heterocycles. The number of aryl methyl sites for hydroxylation is 2. The van der Waals surface area contributed by atoms with E-state index in [1.807, 2.05) is 32.0 Å². The molecule has 0 aliphatic carbocycles. The van der Waals surface area contributed by atoms with Gasteiger partial charge in [0.05, 0.1) is 26.8 Å². The van der Waals surface area contributed by atoms with Crippen LogP contribution < -0.4 is 4.90 Å². The van der Waals surface area contributed by atoms with Gasteiger partial charge in [0.2, 0.25) is 0 Å². The van der Waals surface area contributed by atoms with Crippen LogP contribution >= 0.6 is 11.3 Å². The Morgan fingerprint density at radius 1 is 1.11 bits per heavy atom. The molecule has 0 bridgehead atoms. The molecule has 8 nitrogen and oxygen atoms in total. The van der Waals surface area contributed by atoms with Crippen molar-refractivity contribution in [1.29, 1.82) is 0 Å². The lowest BCUT2D eigenvalue weighted by molar-refractivity contribution is -0.384. The number of benzene rings is 3. The number of anilines is 1. The highest BCUT2D eigenvalue weighted by molar-refractivity contribution is 7.22. The summed E-state index contributed by atoms with van der Waals surface area (Å²) in [4.78, 5) is 43.5. The second kappa shape index (κ2) is 9.01. The Kier molecular flexibility index (Phi) is 5.85. The number of aliphatic hydroxyl groups excluding tert-OH is 1. The van der Waals surface area contributed by atoms with E-state index >= 15 is 0 Å². The number of amides is 1. The fourth-order valence-electron chi connectivity index (χ4n) is 4.30. The maximum atomic E-state index is 13.4. The number of nitro groups is 1. The van der Waals surface area contributed by atoms with Crippen molar-refractivity contribution in [3.8, 4) is 0 Å². The van der Waals surface area contributed by atoms with Gasteiger partial charge in [-0.25, -0.2) is 4.98 Å². The summed E-state index contributed by atoms with van der Waals surface area (Å²) >= 11 is 1.25. The number of carbonyl (C=O) groups is 2. The molecule has 1 fully saturated rings. The van der Waals surface area contributed by atoms with Crippen LogP contribution in [0.5, 0.6) is 0 Å². The number of nitro benzene ring substituents is 1. The van der Waals surface area contributed by atoms with Crippen molar-refractivity contribution in [2.45, 2.75) is 26.3 Å². The van der Waals surface area contributed by atoms with Gasteiger partial charge in [-0.05, 0) is 36.6 Å². The first kappa shape index (κ1) is 23.4. The number of ketones is 1. The molecule has 1 N–H and O–H groups in total. The van der Waals surface area contributed by atoms with Gasteiger partial charge in [0, 0.05) is 17.7 Å². The summed E-state index contributed by atoms with van der Waals surface area (Å²) < 4.78 is 0.850. The molecule has 0 spiro atoms. The Morgan fingerprint density at radius 2 is 1.86 bits per heavy atom. The molecule has 4 aromatic rings. The number of aromatic nitrogens is 1. The minimum Gasteiger partial charge on any atom is -0.507 e. The number of aliphatic hydroxyl groups is 1. The molecule has 180 valence electrons. The third-order valence-electron chi connectivity index (χ3n) is 6.22. The first-order valence-electron chi connectivity index (χ1n) is 11.3. The SMILES string of the molecule is CCc1ccc2nc(N3C(=O)C(=O)C(=C(O)c4ccc(C)cc4)[C@H]3c3cccc([N+](=O)[O-])c3)sc2c1. The highest BCUT2D eigenvalue weighted by Gasteiger charge is 2.48. The summed E-state index contributed by atoms with van der Waals surface area (Å²) in [6.07, 6.45) is 0.831. The Hall–Kier alpha value is -4.37. The van der Waals surface area contributed by atoms with Crippen LogP contribution in [-0.4, -0.2) is 26.7 Å². The maximum absolute atomic E-state index is 13.4. The van der Waals surface area contributed by atoms with E-state index in [2.05, 4.69) is 4.98 Å². The molecule has 2 heterocycles. The second-order valence-electron chi connectivity index (χ2n) is 8.54. The zero-order valence-corrected chi connectivity index (χ0v) is 20.3. The second-order valence-corrected chi connectivity index (χ2v) is 9.55. The average molecular weight is 500 g/mol. The molecule has 5 rings (SSSR count). The monoisotopic (exact) mass is 499 g/mol. The summed E-state index contributed by atoms with van der Waals surface area (Å²) in [5.41, 5.74) is 3.10. The summed E-state index contributed by atoms with van der Waals surface area (Å²) in [5.74, 6) is -2.07.